The molecule has 0 aliphatic rings. The molecule has 0 bridgehead atoms. The lowest BCUT2D eigenvalue weighted by Gasteiger charge is -2.21. The second-order valence-electron chi connectivity index (χ2n) is 29.7. The number of rotatable bonds is 81. The van der Waals surface area contributed by atoms with Gasteiger partial charge in [-0.2, -0.15) is 0 Å². The van der Waals surface area contributed by atoms with Crippen LogP contribution in [0.15, 0.2) is 24.3 Å². The summed E-state index contributed by atoms with van der Waals surface area (Å²) in [6, 6.07) is 0. The maximum atomic E-state index is 13.1. The Hall–Kier alpha value is -2.46. The Bertz CT molecular complexity index is 2040. The first kappa shape index (κ1) is 99.5. The number of carbonyl (C=O) groups is 4. The van der Waals surface area contributed by atoms with E-state index in [0.717, 1.165) is 109 Å². The summed E-state index contributed by atoms with van der Waals surface area (Å²) >= 11 is 0. The Balaban J connectivity index is 5.28. The van der Waals surface area contributed by atoms with Gasteiger partial charge in [0.15, 0.2) is 12.2 Å². The van der Waals surface area contributed by atoms with Gasteiger partial charge in [-0.3, -0.25) is 37.3 Å². The van der Waals surface area contributed by atoms with Crippen LogP contribution < -0.4 is 0 Å². The summed E-state index contributed by atoms with van der Waals surface area (Å²) < 4.78 is 68.7. The average Bonchev–Trinajstić information content (AvgIpc) is 0.908. The van der Waals surface area contributed by atoms with Gasteiger partial charge >= 0.3 is 39.5 Å². The van der Waals surface area contributed by atoms with Crippen LogP contribution in [0, 0.1) is 5.92 Å². The minimum Gasteiger partial charge on any atom is -0.462 e. The van der Waals surface area contributed by atoms with Crippen molar-refractivity contribution in [3.05, 3.63) is 24.3 Å². The number of esters is 4. The van der Waals surface area contributed by atoms with Crippen molar-refractivity contribution in [2.24, 2.45) is 5.92 Å². The van der Waals surface area contributed by atoms with E-state index in [1.165, 1.54) is 231 Å². The van der Waals surface area contributed by atoms with Gasteiger partial charge in [-0.05, 0) is 57.3 Å². The highest BCUT2D eigenvalue weighted by Gasteiger charge is 2.30. The van der Waals surface area contributed by atoms with Crippen LogP contribution in [0.3, 0.4) is 0 Å². The Kier molecular flexibility index (Phi) is 73.5. The van der Waals surface area contributed by atoms with Crippen LogP contribution in [0.4, 0.5) is 0 Å². The molecule has 0 rings (SSSR count). The fraction of sp³-hybridized carbons (Fsp3) is 0.904. The van der Waals surface area contributed by atoms with Crippen molar-refractivity contribution < 1.29 is 80.2 Å². The maximum Gasteiger partial charge on any atom is 0.472 e. The van der Waals surface area contributed by atoms with E-state index in [2.05, 4.69) is 58.9 Å². The van der Waals surface area contributed by atoms with E-state index >= 15 is 0 Å². The molecule has 0 aliphatic carbocycles. The number of aliphatic hydroxyl groups excluding tert-OH is 1. The standard InChI is InChI=1S/C83H158O17P2/c1-6-9-12-15-18-21-24-26-28-29-30-31-33-39-44-49-54-59-64-69-83(88)100-79(73-94-81(86)67-62-57-52-47-42-37-35-34-36-41-45-50-55-60-65-76(4)5)75-98-102(91,92)96-71-77(84)70-95-101(89,90)97-74-78(72-93-80(85)66-61-56-51-46-40-23-20-17-14-11-8-3)99-82(87)68-63-58-53-48-43-38-32-27-25-22-19-16-13-10-7-2/h22,25,27,32,76-79,84H,6-21,23-24,26,28-31,33-75H2,1-5H3,(H,89,90)(H,91,92)/b25-22-,32-27-/t77-,78+,79+/m0/s1. The van der Waals surface area contributed by atoms with E-state index in [4.69, 9.17) is 37.0 Å². The zero-order valence-corrected chi connectivity index (χ0v) is 68.0. The van der Waals surface area contributed by atoms with Crippen LogP contribution in [-0.4, -0.2) is 96.7 Å². The number of allylic oxidation sites excluding steroid dienone is 4. The fourth-order valence-electron chi connectivity index (χ4n) is 12.4. The molecular formula is C83H158O17P2. The van der Waals surface area contributed by atoms with Crippen LogP contribution in [0.5, 0.6) is 0 Å². The Morgan fingerprint density at radius 2 is 0.529 bits per heavy atom. The highest BCUT2D eigenvalue weighted by Crippen LogP contribution is 2.45. The van der Waals surface area contributed by atoms with Gasteiger partial charge in [0.05, 0.1) is 26.4 Å². The summed E-state index contributed by atoms with van der Waals surface area (Å²) in [5, 5.41) is 10.7. The van der Waals surface area contributed by atoms with Gasteiger partial charge in [0.1, 0.15) is 19.3 Å². The predicted molar refractivity (Wildman–Crippen MR) is 418 cm³/mol. The van der Waals surface area contributed by atoms with Gasteiger partial charge in [0.2, 0.25) is 0 Å². The molecule has 602 valence electrons. The first-order valence-electron chi connectivity index (χ1n) is 42.5. The van der Waals surface area contributed by atoms with Gasteiger partial charge in [-0.1, -0.05) is 367 Å². The molecule has 0 saturated heterocycles. The quantitative estimate of drug-likeness (QED) is 0.0169. The maximum absolute atomic E-state index is 13.1. The second kappa shape index (κ2) is 75.4. The lowest BCUT2D eigenvalue weighted by atomic mass is 10.0. The molecule has 0 aliphatic heterocycles. The molecule has 17 nitrogen and oxygen atoms in total. The van der Waals surface area contributed by atoms with E-state index in [9.17, 15) is 43.2 Å². The number of aliphatic hydroxyl groups is 1. The van der Waals surface area contributed by atoms with Gasteiger partial charge in [0, 0.05) is 25.7 Å². The summed E-state index contributed by atoms with van der Waals surface area (Å²) in [6.45, 7) is 7.30. The molecule has 0 aromatic carbocycles. The smallest absolute Gasteiger partial charge is 0.462 e. The lowest BCUT2D eigenvalue weighted by Crippen LogP contribution is -2.30. The summed E-state index contributed by atoms with van der Waals surface area (Å²) in [7, 11) is -9.93. The highest BCUT2D eigenvalue weighted by atomic mass is 31.2. The summed E-state index contributed by atoms with van der Waals surface area (Å²) in [4.78, 5) is 73.1. The third-order valence-electron chi connectivity index (χ3n) is 18.9. The topological polar surface area (TPSA) is 237 Å². The molecule has 0 aromatic rings. The molecule has 0 radical (unpaired) electrons. The zero-order valence-electron chi connectivity index (χ0n) is 66.2. The lowest BCUT2D eigenvalue weighted by molar-refractivity contribution is -0.161. The Morgan fingerprint density at radius 1 is 0.304 bits per heavy atom. The van der Waals surface area contributed by atoms with Gasteiger partial charge < -0.3 is 33.8 Å². The first-order chi connectivity index (χ1) is 49.5. The molecule has 0 fully saturated rings. The molecule has 0 aromatic heterocycles. The fourth-order valence-corrected chi connectivity index (χ4v) is 14.0. The highest BCUT2D eigenvalue weighted by molar-refractivity contribution is 7.47. The van der Waals surface area contributed by atoms with Crippen molar-refractivity contribution in [3.63, 3.8) is 0 Å². The van der Waals surface area contributed by atoms with E-state index in [-0.39, 0.29) is 25.7 Å². The minimum atomic E-state index is -4.97. The normalized spacial score (nSPS) is 14.0. The van der Waals surface area contributed by atoms with E-state index < -0.39 is 97.5 Å². The van der Waals surface area contributed by atoms with Crippen LogP contribution in [0.2, 0.25) is 0 Å². The molecule has 5 atom stereocenters. The van der Waals surface area contributed by atoms with Crippen molar-refractivity contribution in [1.29, 1.82) is 0 Å². The van der Waals surface area contributed by atoms with Crippen LogP contribution in [0.25, 0.3) is 0 Å². The van der Waals surface area contributed by atoms with E-state index in [1.807, 2.05) is 0 Å². The molecule has 3 N–H and O–H groups in total. The molecule has 2 unspecified atom stereocenters. The number of carbonyl (C=O) groups excluding carboxylic acids is 4. The average molecular weight is 1490 g/mol. The largest absolute Gasteiger partial charge is 0.472 e. The predicted octanol–water partition coefficient (Wildman–Crippen LogP) is 24.8. The summed E-state index contributed by atoms with van der Waals surface area (Å²) in [6.07, 6.45) is 70.1. The molecule has 0 spiro atoms. The SMILES string of the molecule is CCCCCC/C=C\C=C/CCCCCCCC(=O)O[C@H](COC(=O)CCCCCCCCCCCCC)COP(=O)(O)OC[C@H](O)COP(=O)(O)OC[C@@H](COC(=O)CCCCCCCCCCCCCCCCC(C)C)OC(=O)CCCCCCCCCCCCCCCCCCCCC. The molecule has 102 heavy (non-hydrogen) atoms. The number of hydrogen-bond acceptors (Lipinski definition) is 15. The molecule has 0 saturated carbocycles. The number of hydrogen-bond donors (Lipinski definition) is 3. The minimum absolute atomic E-state index is 0.0857. The van der Waals surface area contributed by atoms with Crippen molar-refractivity contribution in [1.82, 2.24) is 0 Å². The van der Waals surface area contributed by atoms with Crippen molar-refractivity contribution >= 4 is 39.5 Å². The Morgan fingerprint density at radius 3 is 0.804 bits per heavy atom. The first-order valence-corrected chi connectivity index (χ1v) is 45.4. The molecular weight excluding hydrogens is 1330 g/mol. The van der Waals surface area contributed by atoms with E-state index in [0.29, 0.717) is 25.7 Å². The van der Waals surface area contributed by atoms with Crippen LogP contribution in [-0.2, 0) is 65.4 Å². The van der Waals surface area contributed by atoms with Crippen molar-refractivity contribution in [2.75, 3.05) is 39.6 Å². The number of ether oxygens (including phenoxy) is 4. The summed E-state index contributed by atoms with van der Waals surface area (Å²) in [5.74, 6) is -1.34. The third kappa shape index (κ3) is 75.8. The number of phosphoric acid groups is 2. The second-order valence-corrected chi connectivity index (χ2v) is 32.6. The van der Waals surface area contributed by atoms with Gasteiger partial charge in [-0.15, -0.1) is 0 Å². The van der Waals surface area contributed by atoms with Crippen LogP contribution >= 0.6 is 15.6 Å². The number of unbranched alkanes of at least 4 members (excludes halogenated alkanes) is 50. The van der Waals surface area contributed by atoms with Crippen LogP contribution in [0.1, 0.15) is 420 Å². The zero-order chi connectivity index (χ0) is 74.8. The van der Waals surface area contributed by atoms with Crippen molar-refractivity contribution in [2.45, 2.75) is 438 Å². The molecule has 0 heterocycles. The third-order valence-corrected chi connectivity index (χ3v) is 20.8. The monoisotopic (exact) mass is 1490 g/mol. The Labute approximate surface area is 624 Å². The summed E-state index contributed by atoms with van der Waals surface area (Å²) in [5.41, 5.74) is 0. The molecule has 19 heteroatoms. The molecule has 0 amide bonds. The van der Waals surface area contributed by atoms with Crippen molar-refractivity contribution in [3.8, 4) is 0 Å². The number of phosphoric ester groups is 2. The van der Waals surface area contributed by atoms with Gasteiger partial charge in [-0.25, -0.2) is 9.13 Å². The van der Waals surface area contributed by atoms with Gasteiger partial charge in [0.25, 0.3) is 0 Å². The van der Waals surface area contributed by atoms with E-state index in [1.54, 1.807) is 0 Å².